The number of ether oxygens (including phenoxy) is 2. The van der Waals surface area contributed by atoms with Crippen LogP contribution in [-0.4, -0.2) is 47.4 Å². The van der Waals surface area contributed by atoms with Gasteiger partial charge in [0.25, 0.3) is 0 Å². The lowest BCUT2D eigenvalue weighted by atomic mass is 9.84. The molecule has 1 unspecified atom stereocenters. The summed E-state index contributed by atoms with van der Waals surface area (Å²) in [6.07, 6.45) is 2.11. The van der Waals surface area contributed by atoms with Crippen LogP contribution < -0.4 is 0 Å². The fourth-order valence-electron chi connectivity index (χ4n) is 3.57. The molecule has 2 heterocycles. The Hall–Kier alpha value is -2.08. The van der Waals surface area contributed by atoms with E-state index in [9.17, 15) is 9.59 Å². The number of rotatable bonds is 4. The quantitative estimate of drug-likeness (QED) is 0.917. The van der Waals surface area contributed by atoms with Gasteiger partial charge >= 0.3 is 12.1 Å². The normalized spacial score (nSPS) is 22.5. The molecule has 1 amide bonds. The fourth-order valence-corrected chi connectivity index (χ4v) is 3.57. The minimum Gasteiger partial charge on any atom is -0.481 e. The number of benzene rings is 1. The van der Waals surface area contributed by atoms with Crippen LogP contribution in [0.4, 0.5) is 4.79 Å². The number of likely N-dealkylation sites (tertiary alicyclic amines) is 1. The summed E-state index contributed by atoms with van der Waals surface area (Å²) in [5, 5.41) is 8.90. The van der Waals surface area contributed by atoms with E-state index < -0.39 is 5.97 Å². The van der Waals surface area contributed by atoms with Crippen molar-refractivity contribution in [2.45, 2.75) is 37.9 Å². The molecule has 3 rings (SSSR count). The average Bonchev–Trinajstić information content (AvgIpc) is 2.96. The molecular weight excluding hydrogens is 310 g/mol. The van der Waals surface area contributed by atoms with Crippen molar-refractivity contribution in [2.75, 3.05) is 19.7 Å². The van der Waals surface area contributed by atoms with Gasteiger partial charge < -0.3 is 19.5 Å². The molecule has 0 saturated carbocycles. The highest BCUT2D eigenvalue weighted by Crippen LogP contribution is 2.39. The minimum absolute atomic E-state index is 0.0825. The highest BCUT2D eigenvalue weighted by molar-refractivity contribution is 5.68. The van der Waals surface area contributed by atoms with Crippen molar-refractivity contribution in [3.8, 4) is 0 Å². The molecule has 6 nitrogen and oxygen atoms in total. The smallest absolute Gasteiger partial charge is 0.410 e. The van der Waals surface area contributed by atoms with Crippen molar-refractivity contribution in [2.24, 2.45) is 5.92 Å². The van der Waals surface area contributed by atoms with E-state index in [0.29, 0.717) is 19.7 Å². The van der Waals surface area contributed by atoms with E-state index in [2.05, 4.69) is 0 Å². The highest BCUT2D eigenvalue weighted by Gasteiger charge is 2.44. The van der Waals surface area contributed by atoms with Crippen molar-refractivity contribution in [3.63, 3.8) is 0 Å². The molecule has 2 saturated heterocycles. The summed E-state index contributed by atoms with van der Waals surface area (Å²) in [6, 6.07) is 9.60. The molecule has 1 N–H and O–H groups in total. The van der Waals surface area contributed by atoms with Crippen molar-refractivity contribution in [3.05, 3.63) is 35.9 Å². The zero-order chi connectivity index (χ0) is 17.0. The van der Waals surface area contributed by atoms with E-state index in [4.69, 9.17) is 14.6 Å². The molecule has 0 aliphatic carbocycles. The van der Waals surface area contributed by atoms with Gasteiger partial charge in [0, 0.05) is 13.1 Å². The molecule has 2 aliphatic rings. The van der Waals surface area contributed by atoms with Gasteiger partial charge in [0.2, 0.25) is 0 Å². The topological polar surface area (TPSA) is 76.1 Å². The molecule has 1 aromatic carbocycles. The Morgan fingerprint density at radius 3 is 2.62 bits per heavy atom. The first-order valence-corrected chi connectivity index (χ1v) is 8.38. The number of amides is 1. The van der Waals surface area contributed by atoms with Gasteiger partial charge in [-0.1, -0.05) is 30.3 Å². The van der Waals surface area contributed by atoms with Crippen LogP contribution in [0, 0.1) is 5.92 Å². The second kappa shape index (κ2) is 7.21. The van der Waals surface area contributed by atoms with Gasteiger partial charge in [0.05, 0.1) is 18.6 Å². The van der Waals surface area contributed by atoms with Crippen molar-refractivity contribution >= 4 is 12.1 Å². The van der Waals surface area contributed by atoms with E-state index in [-0.39, 0.29) is 30.6 Å². The molecule has 0 bridgehead atoms. The van der Waals surface area contributed by atoms with Gasteiger partial charge in [-0.05, 0) is 30.7 Å². The predicted octanol–water partition coefficient (Wildman–Crippen LogP) is 2.67. The first-order chi connectivity index (χ1) is 11.6. The number of carboxylic acids is 1. The van der Waals surface area contributed by atoms with Gasteiger partial charge in [-0.25, -0.2) is 4.79 Å². The van der Waals surface area contributed by atoms with Crippen LogP contribution in [0.25, 0.3) is 0 Å². The average molecular weight is 333 g/mol. The summed E-state index contributed by atoms with van der Waals surface area (Å²) in [6.45, 7) is 1.96. The van der Waals surface area contributed by atoms with Crippen molar-refractivity contribution in [1.29, 1.82) is 0 Å². The molecule has 2 aliphatic heterocycles. The van der Waals surface area contributed by atoms with Crippen LogP contribution in [0.2, 0.25) is 0 Å². The van der Waals surface area contributed by atoms with Gasteiger partial charge in [0.15, 0.2) is 0 Å². The number of nitrogens with zero attached hydrogens (tertiary/aromatic N) is 1. The van der Waals surface area contributed by atoms with Gasteiger partial charge in [-0.2, -0.15) is 0 Å². The minimum atomic E-state index is -0.775. The van der Waals surface area contributed by atoms with E-state index in [1.807, 2.05) is 30.3 Å². The van der Waals surface area contributed by atoms with Crippen LogP contribution in [0.5, 0.6) is 0 Å². The predicted molar refractivity (Wildman–Crippen MR) is 86.5 cm³/mol. The first-order valence-electron chi connectivity index (χ1n) is 8.38. The monoisotopic (exact) mass is 333 g/mol. The molecule has 0 radical (unpaired) electrons. The van der Waals surface area contributed by atoms with Gasteiger partial charge in [-0.3, -0.25) is 4.79 Å². The van der Waals surface area contributed by atoms with E-state index in [1.54, 1.807) is 4.90 Å². The summed E-state index contributed by atoms with van der Waals surface area (Å²) >= 11 is 0. The van der Waals surface area contributed by atoms with E-state index in [1.165, 1.54) is 0 Å². The summed E-state index contributed by atoms with van der Waals surface area (Å²) < 4.78 is 11.3. The van der Waals surface area contributed by atoms with Crippen LogP contribution >= 0.6 is 0 Å². The SMILES string of the molecule is O=C(O)CC1COC2(CCN(C(=O)OCc3ccccc3)CC2)C1. The number of aliphatic carboxylic acids is 1. The lowest BCUT2D eigenvalue weighted by molar-refractivity contribution is -0.138. The third kappa shape index (κ3) is 4.06. The standard InChI is InChI=1S/C18H23NO5/c20-16(21)10-15-11-18(24-13-15)6-8-19(9-7-18)17(22)23-12-14-4-2-1-3-5-14/h1-5,15H,6-13H2,(H,20,21). The second-order valence-electron chi connectivity index (χ2n) is 6.69. The second-order valence-corrected chi connectivity index (χ2v) is 6.69. The maximum absolute atomic E-state index is 12.2. The van der Waals surface area contributed by atoms with Crippen LogP contribution in [0.3, 0.4) is 0 Å². The Labute approximate surface area is 141 Å². The lowest BCUT2D eigenvalue weighted by Gasteiger charge is -2.38. The summed E-state index contributed by atoms with van der Waals surface area (Å²) in [5.41, 5.74) is 0.714. The van der Waals surface area contributed by atoms with Crippen LogP contribution in [0.1, 0.15) is 31.2 Å². The molecule has 130 valence electrons. The van der Waals surface area contributed by atoms with E-state index in [0.717, 1.165) is 24.8 Å². The highest BCUT2D eigenvalue weighted by atomic mass is 16.6. The summed E-state index contributed by atoms with van der Waals surface area (Å²) in [7, 11) is 0. The molecule has 1 atom stereocenters. The third-order valence-electron chi connectivity index (χ3n) is 4.89. The zero-order valence-corrected chi connectivity index (χ0v) is 13.6. The summed E-state index contributed by atoms with van der Waals surface area (Å²) in [4.78, 5) is 24.7. The number of carbonyl (C=O) groups excluding carboxylic acids is 1. The lowest BCUT2D eigenvalue weighted by Crippen LogP contribution is -2.46. The third-order valence-corrected chi connectivity index (χ3v) is 4.89. The summed E-state index contributed by atoms with van der Waals surface area (Å²) in [5.74, 6) is -0.693. The maximum Gasteiger partial charge on any atom is 0.410 e. The maximum atomic E-state index is 12.2. The molecular formula is C18H23NO5. The Morgan fingerprint density at radius 1 is 1.25 bits per heavy atom. The number of carboxylic acid groups (broad SMARTS) is 1. The molecule has 0 aromatic heterocycles. The zero-order valence-electron chi connectivity index (χ0n) is 13.6. The van der Waals surface area contributed by atoms with Crippen LogP contribution in [-0.2, 0) is 20.9 Å². The van der Waals surface area contributed by atoms with Crippen LogP contribution in [0.15, 0.2) is 30.3 Å². The number of piperidine rings is 1. The number of carbonyl (C=O) groups is 2. The number of hydrogen-bond acceptors (Lipinski definition) is 4. The molecule has 1 spiro atoms. The molecule has 24 heavy (non-hydrogen) atoms. The van der Waals surface area contributed by atoms with Crippen molar-refractivity contribution in [1.82, 2.24) is 4.90 Å². The molecule has 1 aromatic rings. The number of hydrogen-bond donors (Lipinski definition) is 1. The molecule has 2 fully saturated rings. The Bertz CT molecular complexity index is 580. The largest absolute Gasteiger partial charge is 0.481 e. The van der Waals surface area contributed by atoms with Crippen molar-refractivity contribution < 1.29 is 24.2 Å². The Balaban J connectivity index is 1.45. The van der Waals surface area contributed by atoms with Gasteiger partial charge in [-0.15, -0.1) is 0 Å². The Morgan fingerprint density at radius 2 is 1.96 bits per heavy atom. The first kappa shape index (κ1) is 16.8. The fraction of sp³-hybridized carbons (Fsp3) is 0.556. The molecule has 6 heteroatoms. The van der Waals surface area contributed by atoms with E-state index >= 15 is 0 Å². The van der Waals surface area contributed by atoms with Gasteiger partial charge in [0.1, 0.15) is 6.61 Å². The Kier molecular flexibility index (Phi) is 5.04.